The van der Waals surface area contributed by atoms with Crippen molar-refractivity contribution in [1.29, 1.82) is 0 Å². The van der Waals surface area contributed by atoms with E-state index >= 15 is 0 Å². The molecule has 7 heteroatoms. The summed E-state index contributed by atoms with van der Waals surface area (Å²) in [5.74, 6) is 0.825. The Balaban J connectivity index is 1.90. The molecule has 0 saturated carbocycles. The van der Waals surface area contributed by atoms with Crippen molar-refractivity contribution in [2.24, 2.45) is 4.99 Å². The second kappa shape index (κ2) is 6.49. The first-order chi connectivity index (χ1) is 12.5. The van der Waals surface area contributed by atoms with Gasteiger partial charge in [-0.2, -0.15) is 0 Å². The molecule has 132 valence electrons. The Hall–Kier alpha value is -2.80. The van der Waals surface area contributed by atoms with E-state index in [4.69, 9.17) is 10.1 Å². The molecular weight excluding hydrogens is 348 g/mol. The van der Waals surface area contributed by atoms with Crippen LogP contribution in [0.3, 0.4) is 0 Å². The number of fused-ring (bicyclic) bond motifs is 3. The highest BCUT2D eigenvalue weighted by molar-refractivity contribution is 7.15. The zero-order chi connectivity index (χ0) is 18.3. The number of carboxylic acid groups (broad SMARTS) is 1. The summed E-state index contributed by atoms with van der Waals surface area (Å²) in [6.07, 6.45) is 0.614. The number of aromatic nitrogens is 3. The average Bonchev–Trinajstić information content (AvgIpc) is 3.19. The molecule has 1 aliphatic heterocycles. The van der Waals surface area contributed by atoms with Crippen LogP contribution in [0.5, 0.6) is 0 Å². The van der Waals surface area contributed by atoms with Gasteiger partial charge in [-0.1, -0.05) is 30.3 Å². The van der Waals surface area contributed by atoms with Gasteiger partial charge in [-0.15, -0.1) is 21.5 Å². The van der Waals surface area contributed by atoms with Gasteiger partial charge in [0.05, 0.1) is 12.1 Å². The minimum atomic E-state index is -0.791. The number of rotatable bonds is 4. The summed E-state index contributed by atoms with van der Waals surface area (Å²) < 4.78 is 2.05. The summed E-state index contributed by atoms with van der Waals surface area (Å²) in [4.78, 5) is 16.9. The van der Waals surface area contributed by atoms with Crippen molar-refractivity contribution >= 4 is 23.0 Å². The van der Waals surface area contributed by atoms with E-state index in [0.717, 1.165) is 38.4 Å². The third-order valence-electron chi connectivity index (χ3n) is 4.40. The molecule has 0 fully saturated rings. The van der Waals surface area contributed by atoms with Crippen LogP contribution in [0.25, 0.3) is 5.00 Å². The number of aliphatic carboxylic acids is 1. The number of thiophene rings is 1. The molecule has 0 aliphatic carbocycles. The molecule has 0 amide bonds. The maximum Gasteiger partial charge on any atom is 0.303 e. The van der Waals surface area contributed by atoms with Crippen molar-refractivity contribution in [2.45, 2.75) is 32.7 Å². The smallest absolute Gasteiger partial charge is 0.303 e. The van der Waals surface area contributed by atoms with E-state index in [-0.39, 0.29) is 12.5 Å². The topological polar surface area (TPSA) is 80.4 Å². The standard InChI is InChI=1S/C19H18N4O2S/c1-11-18-22-21-12(2)23(18)19-15(10-14(26-19)8-9-16(24)25)17(20-11)13-6-4-3-5-7-13/h3-7,10-11H,8-9H2,1-2H3,(H,24,25). The Bertz CT molecular complexity index is 1000. The number of nitrogens with zero attached hydrogens (tertiary/aromatic N) is 4. The van der Waals surface area contributed by atoms with Crippen LogP contribution in [0.15, 0.2) is 41.4 Å². The summed E-state index contributed by atoms with van der Waals surface area (Å²) in [5, 5.41) is 18.6. The van der Waals surface area contributed by atoms with Crippen molar-refractivity contribution in [3.63, 3.8) is 0 Å². The number of aliphatic imine (C=N–C) groups is 1. The zero-order valence-electron chi connectivity index (χ0n) is 14.5. The quantitative estimate of drug-likeness (QED) is 0.765. The van der Waals surface area contributed by atoms with Crippen LogP contribution in [0.4, 0.5) is 0 Å². The highest BCUT2D eigenvalue weighted by atomic mass is 32.1. The summed E-state index contributed by atoms with van der Waals surface area (Å²) in [6.45, 7) is 3.95. The Morgan fingerprint density at radius 2 is 2.04 bits per heavy atom. The lowest BCUT2D eigenvalue weighted by molar-refractivity contribution is -0.136. The van der Waals surface area contributed by atoms with Crippen LogP contribution in [0.1, 0.15) is 47.0 Å². The Morgan fingerprint density at radius 3 is 2.77 bits per heavy atom. The molecule has 26 heavy (non-hydrogen) atoms. The van der Waals surface area contributed by atoms with E-state index in [1.54, 1.807) is 11.3 Å². The predicted octanol–water partition coefficient (Wildman–Crippen LogP) is 3.57. The van der Waals surface area contributed by atoms with Gasteiger partial charge in [0.15, 0.2) is 5.82 Å². The molecule has 3 heterocycles. The monoisotopic (exact) mass is 366 g/mol. The van der Waals surface area contributed by atoms with Crippen LogP contribution >= 0.6 is 11.3 Å². The first-order valence-corrected chi connectivity index (χ1v) is 9.26. The van der Waals surface area contributed by atoms with Gasteiger partial charge < -0.3 is 5.11 Å². The van der Waals surface area contributed by atoms with Gasteiger partial charge in [-0.3, -0.25) is 14.4 Å². The fourth-order valence-corrected chi connectivity index (χ4v) is 4.38. The molecule has 1 N–H and O–H groups in total. The van der Waals surface area contributed by atoms with Crippen molar-refractivity contribution in [1.82, 2.24) is 14.8 Å². The molecular formula is C19H18N4O2S. The SMILES string of the molecule is Cc1nnc2n1-c1sc(CCC(=O)O)cc1C(c1ccccc1)=NC2C. The van der Waals surface area contributed by atoms with Crippen molar-refractivity contribution in [3.05, 3.63) is 64.1 Å². The number of hydrogen-bond donors (Lipinski definition) is 1. The van der Waals surface area contributed by atoms with Gasteiger partial charge in [0, 0.05) is 16.0 Å². The summed E-state index contributed by atoms with van der Waals surface area (Å²) in [6, 6.07) is 12.0. The lowest BCUT2D eigenvalue weighted by Crippen LogP contribution is -2.05. The molecule has 4 rings (SSSR count). The largest absolute Gasteiger partial charge is 0.481 e. The van der Waals surface area contributed by atoms with Crippen LogP contribution in [0.2, 0.25) is 0 Å². The highest BCUT2D eigenvalue weighted by Gasteiger charge is 2.27. The summed E-state index contributed by atoms with van der Waals surface area (Å²) >= 11 is 1.59. The van der Waals surface area contributed by atoms with Gasteiger partial charge in [0.1, 0.15) is 16.9 Å². The molecule has 0 radical (unpaired) electrons. The van der Waals surface area contributed by atoms with Crippen molar-refractivity contribution in [2.75, 3.05) is 0 Å². The molecule has 1 aliphatic rings. The fraction of sp³-hybridized carbons (Fsp3) is 0.263. The Labute approximate surface area is 154 Å². The van der Waals surface area contributed by atoms with Crippen LogP contribution < -0.4 is 0 Å². The molecule has 6 nitrogen and oxygen atoms in total. The predicted molar refractivity (Wildman–Crippen MR) is 100 cm³/mol. The summed E-state index contributed by atoms with van der Waals surface area (Å²) in [7, 11) is 0. The van der Waals surface area contributed by atoms with Crippen LogP contribution in [-0.4, -0.2) is 31.6 Å². The molecule has 1 aromatic carbocycles. The van der Waals surface area contributed by atoms with Gasteiger partial charge >= 0.3 is 5.97 Å². The molecule has 0 spiro atoms. The number of hydrogen-bond acceptors (Lipinski definition) is 5. The van der Waals surface area contributed by atoms with Gasteiger partial charge in [0.25, 0.3) is 0 Å². The fourth-order valence-electron chi connectivity index (χ4n) is 3.17. The second-order valence-corrected chi connectivity index (χ2v) is 7.40. The number of aryl methyl sites for hydroxylation is 2. The Morgan fingerprint density at radius 1 is 1.27 bits per heavy atom. The second-order valence-electron chi connectivity index (χ2n) is 6.29. The average molecular weight is 366 g/mol. The first kappa shape index (κ1) is 16.7. The zero-order valence-corrected chi connectivity index (χ0v) is 15.3. The minimum Gasteiger partial charge on any atom is -0.481 e. The third kappa shape index (κ3) is 2.84. The van der Waals surface area contributed by atoms with Gasteiger partial charge in [-0.25, -0.2) is 0 Å². The lowest BCUT2D eigenvalue weighted by Gasteiger charge is -2.07. The normalized spacial score (nSPS) is 15.8. The summed E-state index contributed by atoms with van der Waals surface area (Å²) in [5.41, 5.74) is 2.96. The molecule has 0 saturated heterocycles. The molecule has 0 bridgehead atoms. The molecule has 1 unspecified atom stereocenters. The number of benzene rings is 1. The van der Waals surface area contributed by atoms with E-state index in [9.17, 15) is 4.79 Å². The molecule has 1 atom stereocenters. The first-order valence-electron chi connectivity index (χ1n) is 8.45. The van der Waals surface area contributed by atoms with E-state index in [1.807, 2.05) is 48.7 Å². The third-order valence-corrected chi connectivity index (χ3v) is 5.58. The van der Waals surface area contributed by atoms with E-state index in [1.165, 1.54) is 0 Å². The molecule has 2 aromatic heterocycles. The van der Waals surface area contributed by atoms with Gasteiger partial charge in [0.2, 0.25) is 0 Å². The number of carboxylic acids is 1. The van der Waals surface area contributed by atoms with E-state index < -0.39 is 5.97 Å². The maximum absolute atomic E-state index is 11.0. The number of carbonyl (C=O) groups is 1. The van der Waals surface area contributed by atoms with Crippen LogP contribution in [-0.2, 0) is 11.2 Å². The van der Waals surface area contributed by atoms with Gasteiger partial charge in [-0.05, 0) is 26.3 Å². The van der Waals surface area contributed by atoms with Crippen LogP contribution in [0, 0.1) is 6.92 Å². The minimum absolute atomic E-state index is 0.113. The van der Waals surface area contributed by atoms with E-state index in [0.29, 0.717) is 6.42 Å². The van der Waals surface area contributed by atoms with E-state index in [2.05, 4.69) is 16.3 Å². The van der Waals surface area contributed by atoms with Crippen molar-refractivity contribution in [3.8, 4) is 5.00 Å². The highest BCUT2D eigenvalue weighted by Crippen LogP contribution is 2.36. The van der Waals surface area contributed by atoms with Crippen molar-refractivity contribution < 1.29 is 9.90 Å². The molecule has 3 aromatic rings. The maximum atomic E-state index is 11.0. The lowest BCUT2D eigenvalue weighted by atomic mass is 10.0. The Kier molecular flexibility index (Phi) is 4.16.